The van der Waals surface area contributed by atoms with Crippen molar-refractivity contribution in [3.05, 3.63) is 89.6 Å². The van der Waals surface area contributed by atoms with Crippen LogP contribution in [0.5, 0.6) is 5.75 Å². The number of phenols is 1. The molecule has 77 heavy (non-hydrogen) atoms. The van der Waals surface area contributed by atoms with Crippen LogP contribution in [0.25, 0.3) is 0 Å². The fourth-order valence-electron chi connectivity index (χ4n) is 10.9. The fourth-order valence-corrected chi connectivity index (χ4v) is 10.9. The second-order valence-electron chi connectivity index (χ2n) is 22.7. The predicted octanol–water partition coefficient (Wildman–Crippen LogP) is 6.36. The molecule has 2 saturated heterocycles. The molecule has 17 heteroatoms. The number of fused-ring (bicyclic) bond motifs is 2. The van der Waals surface area contributed by atoms with Crippen molar-refractivity contribution in [3.8, 4) is 5.75 Å². The average molecular weight is 1070 g/mol. The number of ether oxygens (including phenoxy) is 2. The highest BCUT2D eigenvalue weighted by Gasteiger charge is 2.51. The van der Waals surface area contributed by atoms with E-state index >= 15 is 0 Å². The molecule has 2 fully saturated rings. The molecule has 0 aromatic heterocycles. The van der Waals surface area contributed by atoms with Gasteiger partial charge in [-0.25, -0.2) is 5.43 Å². The Morgan fingerprint density at radius 2 is 1.74 bits per heavy atom. The highest BCUT2D eigenvalue weighted by atomic mass is 16.5. The van der Waals surface area contributed by atoms with E-state index in [9.17, 15) is 49.2 Å². The summed E-state index contributed by atoms with van der Waals surface area (Å²) in [6.07, 6.45) is 14.4. The van der Waals surface area contributed by atoms with Crippen molar-refractivity contribution in [2.45, 2.75) is 194 Å². The summed E-state index contributed by atoms with van der Waals surface area (Å²) < 4.78 is 13.0. The van der Waals surface area contributed by atoms with Crippen molar-refractivity contribution in [1.82, 2.24) is 26.4 Å². The number of benzene rings is 1. The number of piperidine rings is 1. The Bertz CT molecular complexity index is 2360. The molecule has 0 saturated carbocycles. The van der Waals surface area contributed by atoms with Gasteiger partial charge in [0.25, 0.3) is 5.91 Å². The second kappa shape index (κ2) is 29.0. The number of esters is 1. The molecule has 426 valence electrons. The lowest BCUT2D eigenvalue weighted by Crippen LogP contribution is -2.64. The monoisotopic (exact) mass is 1070 g/mol. The molecule has 8 N–H and O–H groups in total. The molecule has 4 heterocycles. The first-order valence-electron chi connectivity index (χ1n) is 28.0. The number of hydrazine groups is 1. The number of ketones is 1. The number of nitrogens with one attached hydrogen (secondary N) is 4. The number of Topliss-reactive ketones (excluding diaryl/α,β-unsaturated/α-hetero) is 1. The highest BCUT2D eigenvalue weighted by Crippen LogP contribution is 2.43. The van der Waals surface area contributed by atoms with Crippen molar-refractivity contribution in [3.63, 3.8) is 0 Å². The number of phenolic OH excluding ortho intramolecular Hbond substituents is 1. The molecule has 17 nitrogen and oxygen atoms in total. The summed E-state index contributed by atoms with van der Waals surface area (Å²) in [5, 5.41) is 54.7. The second-order valence-corrected chi connectivity index (χ2v) is 22.7. The standard InChI is InChI=1S/C60H89N5O12/c1-11-44-31-40(8)60(63-55(44)71)39(7)30-38(6)52(77-60)34-50(69)36(4)20-14-12-15-21-37(5)51-26-17-13-16-25-49(68)42(10)54(70)46(28-27-41(9)66)56(72)62-53(35(2)3)57(73)61-48(33-43-22-18-23-45(67)32-43)58(74)65-29-19-24-47(64-65)59(75)76-51/h12-13,15-18,21-23,25,30,32,35-36,38,40,42,44,46-54,64,67-70H,11,14,19-20,24,26-29,31,33-34H2,1-10H3,(H,61,73)(H,62,72)(H,63,71)/t36-,38+,40-,42-,44-,46+,47-,48-,49-,50-,51-,52-,53-,54+,60-/m0/s1. The third-order valence-corrected chi connectivity index (χ3v) is 16.2. The van der Waals surface area contributed by atoms with Crippen LogP contribution in [-0.2, 0) is 44.7 Å². The minimum absolute atomic E-state index is 0.00834. The third-order valence-electron chi connectivity index (χ3n) is 16.2. The zero-order chi connectivity index (χ0) is 56.7. The number of nitrogens with zero attached hydrogens (tertiary/aromatic N) is 1. The SMILES string of the molecule is CC[C@H]1C[C@H](C)[C@@]2(NC1=O)O[C@@H](C[C@H](O)[C@@H](C)CCC=CC=C(C)[C@@H]1CC=CC=C[C@H](O)[C@H](C)[C@@H](O)[C@@H](CCC(C)=O)C(=O)N[C@@H](C(C)C)C(=O)N[C@@H](Cc3cccc(O)c3)C(=O)N3CCC[C@H](N3)C(=O)O1)[C@H](C)C=C2C. The van der Waals surface area contributed by atoms with Gasteiger partial charge in [0.2, 0.25) is 17.7 Å². The molecule has 4 aliphatic rings. The molecule has 2 bridgehead atoms. The lowest BCUT2D eigenvalue weighted by Gasteiger charge is -2.51. The summed E-state index contributed by atoms with van der Waals surface area (Å²) in [5.41, 5.74) is 4.44. The van der Waals surface area contributed by atoms with E-state index in [1.54, 1.807) is 51.1 Å². The molecule has 0 aliphatic carbocycles. The summed E-state index contributed by atoms with van der Waals surface area (Å²) in [6.45, 7) is 18.7. The van der Waals surface area contributed by atoms with Crippen LogP contribution >= 0.6 is 0 Å². The van der Waals surface area contributed by atoms with Crippen LogP contribution in [0.2, 0.25) is 0 Å². The van der Waals surface area contributed by atoms with E-state index in [0.717, 1.165) is 24.0 Å². The number of amides is 4. The van der Waals surface area contributed by atoms with Gasteiger partial charge in [0, 0.05) is 55.9 Å². The Labute approximate surface area is 456 Å². The van der Waals surface area contributed by atoms with Crippen LogP contribution < -0.4 is 21.4 Å². The van der Waals surface area contributed by atoms with Crippen molar-refractivity contribution < 1.29 is 58.7 Å². The molecule has 4 amide bonds. The van der Waals surface area contributed by atoms with Gasteiger partial charge < -0.3 is 50.6 Å². The van der Waals surface area contributed by atoms with E-state index in [1.165, 1.54) is 30.1 Å². The number of aliphatic hydroxyl groups is 3. The summed E-state index contributed by atoms with van der Waals surface area (Å²) in [5.74, 6) is -5.31. The normalized spacial score (nSPS) is 32.4. The molecule has 1 aromatic carbocycles. The summed E-state index contributed by atoms with van der Waals surface area (Å²) in [6, 6.07) is 2.95. The Hall–Kier alpha value is -5.46. The van der Waals surface area contributed by atoms with Gasteiger partial charge in [0.15, 0.2) is 5.72 Å². The molecular formula is C60H89N5O12. The predicted molar refractivity (Wildman–Crippen MR) is 294 cm³/mol. The molecule has 0 unspecified atom stereocenters. The number of allylic oxidation sites excluding steroid dienone is 5. The quantitative estimate of drug-likeness (QED) is 0.0542. The van der Waals surface area contributed by atoms with Crippen LogP contribution in [0.3, 0.4) is 0 Å². The maximum atomic E-state index is 14.5. The number of aromatic hydroxyl groups is 1. The van der Waals surface area contributed by atoms with Crippen LogP contribution in [0.4, 0.5) is 0 Å². The van der Waals surface area contributed by atoms with Gasteiger partial charge in [-0.3, -0.25) is 29.0 Å². The van der Waals surface area contributed by atoms with Gasteiger partial charge in [-0.1, -0.05) is 109 Å². The molecule has 15 atom stereocenters. The van der Waals surface area contributed by atoms with Gasteiger partial charge in [-0.05, 0) is 106 Å². The van der Waals surface area contributed by atoms with E-state index < -0.39 is 89.7 Å². The Morgan fingerprint density at radius 3 is 2.43 bits per heavy atom. The molecular weight excluding hydrogens is 983 g/mol. The minimum atomic E-state index is -1.43. The van der Waals surface area contributed by atoms with Crippen molar-refractivity contribution in [2.75, 3.05) is 6.54 Å². The molecule has 4 aliphatic heterocycles. The van der Waals surface area contributed by atoms with E-state index in [1.807, 2.05) is 45.9 Å². The van der Waals surface area contributed by atoms with Gasteiger partial charge in [0.1, 0.15) is 35.8 Å². The molecule has 1 aromatic rings. The largest absolute Gasteiger partial charge is 0.508 e. The fraction of sp³-hybridized carbons (Fsp3) is 0.633. The lowest BCUT2D eigenvalue weighted by atomic mass is 9.75. The number of cyclic esters (lactones) is 1. The van der Waals surface area contributed by atoms with Crippen molar-refractivity contribution >= 4 is 35.4 Å². The smallest absolute Gasteiger partial charge is 0.325 e. The Kier molecular flexibility index (Phi) is 23.5. The topological polar surface area (TPSA) is 253 Å². The molecule has 0 radical (unpaired) electrons. The molecule has 5 rings (SSSR count). The maximum absolute atomic E-state index is 14.5. The maximum Gasteiger partial charge on any atom is 0.325 e. The van der Waals surface area contributed by atoms with Gasteiger partial charge in [-0.2, -0.15) is 0 Å². The van der Waals surface area contributed by atoms with Crippen LogP contribution in [-0.4, -0.2) is 122 Å². The van der Waals surface area contributed by atoms with Gasteiger partial charge >= 0.3 is 5.97 Å². The number of aliphatic hydroxyl groups excluding tert-OH is 3. The number of hydrogen-bond donors (Lipinski definition) is 8. The van der Waals surface area contributed by atoms with E-state index in [-0.39, 0.29) is 79.4 Å². The van der Waals surface area contributed by atoms with Crippen molar-refractivity contribution in [1.29, 1.82) is 0 Å². The Balaban J connectivity index is 1.35. The highest BCUT2D eigenvalue weighted by molar-refractivity contribution is 5.93. The van der Waals surface area contributed by atoms with Crippen LogP contribution in [0, 0.1) is 41.4 Å². The molecule has 1 spiro atoms. The zero-order valence-electron chi connectivity index (χ0n) is 47.1. The van der Waals surface area contributed by atoms with Crippen LogP contribution in [0.15, 0.2) is 84.0 Å². The van der Waals surface area contributed by atoms with E-state index in [0.29, 0.717) is 37.7 Å². The van der Waals surface area contributed by atoms with Crippen LogP contribution in [0.1, 0.15) is 139 Å². The number of carbonyl (C=O) groups is 6. The summed E-state index contributed by atoms with van der Waals surface area (Å²) >= 11 is 0. The lowest BCUT2D eigenvalue weighted by molar-refractivity contribution is -0.179. The Morgan fingerprint density at radius 1 is 1.00 bits per heavy atom. The summed E-state index contributed by atoms with van der Waals surface area (Å²) in [7, 11) is 0. The van der Waals surface area contributed by atoms with E-state index in [4.69, 9.17) is 9.47 Å². The zero-order valence-corrected chi connectivity index (χ0v) is 47.1. The van der Waals surface area contributed by atoms with Crippen molar-refractivity contribution in [2.24, 2.45) is 41.4 Å². The first kappa shape index (κ1) is 62.4. The average Bonchev–Trinajstić information content (AvgIpc) is 3.38. The first-order chi connectivity index (χ1) is 36.5. The third kappa shape index (κ3) is 17.0. The number of carbonyl (C=O) groups excluding carboxylic acids is 6. The minimum Gasteiger partial charge on any atom is -0.508 e. The first-order valence-corrected chi connectivity index (χ1v) is 28.0. The number of rotatable bonds is 15. The summed E-state index contributed by atoms with van der Waals surface area (Å²) in [4.78, 5) is 82.1. The number of hydrogen-bond acceptors (Lipinski definition) is 13. The van der Waals surface area contributed by atoms with Gasteiger partial charge in [-0.15, -0.1) is 0 Å². The van der Waals surface area contributed by atoms with E-state index in [2.05, 4.69) is 41.3 Å². The van der Waals surface area contributed by atoms with Gasteiger partial charge in [0.05, 0.1) is 30.3 Å².